The molecule has 0 aliphatic heterocycles. The van der Waals surface area contributed by atoms with E-state index >= 15 is 0 Å². The predicted octanol–water partition coefficient (Wildman–Crippen LogP) is 4.64. The number of anilines is 1. The van der Waals surface area contributed by atoms with Gasteiger partial charge in [-0.05, 0) is 43.0 Å². The molecule has 0 spiro atoms. The van der Waals surface area contributed by atoms with E-state index in [2.05, 4.69) is 10.2 Å². The second kappa shape index (κ2) is 6.67. The summed E-state index contributed by atoms with van der Waals surface area (Å²) in [5.41, 5.74) is 3.49. The van der Waals surface area contributed by atoms with Crippen LogP contribution in [0.5, 0.6) is 0 Å². The summed E-state index contributed by atoms with van der Waals surface area (Å²) in [6.07, 6.45) is 2.61. The summed E-state index contributed by atoms with van der Waals surface area (Å²) in [7, 11) is 0. The lowest BCUT2D eigenvalue weighted by molar-refractivity contribution is 0.0898. The van der Waals surface area contributed by atoms with E-state index < -0.39 is 0 Å². The zero-order chi connectivity index (χ0) is 17.1. The lowest BCUT2D eigenvalue weighted by Crippen LogP contribution is -2.22. The standard InChI is InChI=1S/C20H18N2O2/c1-3-13-4-5-15-12-17(10-11-18(15)19(13)23)22-20(24)14-6-8-16(21-2)9-7-14/h6-13H,3-5H2,1H3,(H,22,24). The molecule has 0 saturated heterocycles. The van der Waals surface area contributed by atoms with Crippen molar-refractivity contribution in [3.8, 4) is 0 Å². The largest absolute Gasteiger partial charge is 0.322 e. The highest BCUT2D eigenvalue weighted by molar-refractivity contribution is 6.05. The van der Waals surface area contributed by atoms with E-state index in [0.717, 1.165) is 30.4 Å². The predicted molar refractivity (Wildman–Crippen MR) is 93.5 cm³/mol. The van der Waals surface area contributed by atoms with Crippen molar-refractivity contribution in [1.29, 1.82) is 0 Å². The molecule has 0 fully saturated rings. The van der Waals surface area contributed by atoms with Crippen LogP contribution in [0.4, 0.5) is 11.4 Å². The van der Waals surface area contributed by atoms with Crippen LogP contribution in [0.2, 0.25) is 0 Å². The Labute approximate surface area is 141 Å². The van der Waals surface area contributed by atoms with Gasteiger partial charge in [0.1, 0.15) is 0 Å². The number of nitrogens with zero attached hydrogens (tertiary/aromatic N) is 1. The zero-order valence-electron chi connectivity index (χ0n) is 13.5. The molecule has 0 bridgehead atoms. The van der Waals surface area contributed by atoms with Gasteiger partial charge < -0.3 is 5.32 Å². The van der Waals surface area contributed by atoms with E-state index in [1.807, 2.05) is 19.1 Å². The molecular weight excluding hydrogens is 300 g/mol. The second-order valence-electron chi connectivity index (χ2n) is 5.99. The van der Waals surface area contributed by atoms with Gasteiger partial charge in [0.05, 0.1) is 6.57 Å². The molecule has 1 aliphatic carbocycles. The topological polar surface area (TPSA) is 50.5 Å². The van der Waals surface area contributed by atoms with Crippen molar-refractivity contribution < 1.29 is 9.59 Å². The van der Waals surface area contributed by atoms with Gasteiger partial charge in [-0.3, -0.25) is 9.59 Å². The van der Waals surface area contributed by atoms with Gasteiger partial charge in [-0.2, -0.15) is 0 Å². The van der Waals surface area contributed by atoms with Gasteiger partial charge in [0.2, 0.25) is 0 Å². The monoisotopic (exact) mass is 318 g/mol. The van der Waals surface area contributed by atoms with E-state index in [1.165, 1.54) is 0 Å². The number of nitrogens with one attached hydrogen (secondary N) is 1. The molecule has 1 aliphatic rings. The van der Waals surface area contributed by atoms with Crippen molar-refractivity contribution in [1.82, 2.24) is 0 Å². The van der Waals surface area contributed by atoms with Gasteiger partial charge in [0, 0.05) is 22.7 Å². The number of hydrogen-bond donors (Lipinski definition) is 1. The minimum Gasteiger partial charge on any atom is -0.322 e. The Hall–Kier alpha value is -2.93. The first kappa shape index (κ1) is 15.9. The van der Waals surface area contributed by atoms with Crippen molar-refractivity contribution in [2.75, 3.05) is 5.32 Å². The number of ketones is 1. The molecule has 0 saturated carbocycles. The summed E-state index contributed by atoms with van der Waals surface area (Å²) < 4.78 is 0. The fraction of sp³-hybridized carbons (Fsp3) is 0.250. The third-order valence-corrected chi connectivity index (χ3v) is 4.51. The van der Waals surface area contributed by atoms with Gasteiger partial charge >= 0.3 is 0 Å². The Bertz CT molecular complexity index is 832. The minimum atomic E-state index is -0.222. The quantitative estimate of drug-likeness (QED) is 0.838. The molecule has 4 nitrogen and oxygen atoms in total. The molecule has 2 aromatic carbocycles. The average Bonchev–Trinajstić information content (AvgIpc) is 2.62. The smallest absolute Gasteiger partial charge is 0.255 e. The molecule has 1 atom stereocenters. The fourth-order valence-corrected chi connectivity index (χ4v) is 3.08. The van der Waals surface area contributed by atoms with E-state index in [0.29, 0.717) is 16.9 Å². The third-order valence-electron chi connectivity index (χ3n) is 4.51. The summed E-state index contributed by atoms with van der Waals surface area (Å²) >= 11 is 0. The summed E-state index contributed by atoms with van der Waals surface area (Å²) in [4.78, 5) is 28.0. The Kier molecular flexibility index (Phi) is 4.43. The molecule has 2 aromatic rings. The maximum absolute atomic E-state index is 12.4. The highest BCUT2D eigenvalue weighted by atomic mass is 16.1. The molecule has 24 heavy (non-hydrogen) atoms. The van der Waals surface area contributed by atoms with Crippen LogP contribution in [0.3, 0.4) is 0 Å². The fourth-order valence-electron chi connectivity index (χ4n) is 3.08. The molecule has 0 aromatic heterocycles. The lowest BCUT2D eigenvalue weighted by Gasteiger charge is -2.22. The Balaban J connectivity index is 1.78. The van der Waals surface area contributed by atoms with Crippen molar-refractivity contribution in [2.45, 2.75) is 26.2 Å². The van der Waals surface area contributed by atoms with E-state index in [1.54, 1.807) is 30.3 Å². The van der Waals surface area contributed by atoms with Crippen molar-refractivity contribution >= 4 is 23.1 Å². The molecule has 3 rings (SSSR count). The van der Waals surface area contributed by atoms with E-state index in [-0.39, 0.29) is 17.6 Å². The molecule has 4 heteroatoms. The number of fused-ring (bicyclic) bond motifs is 1. The molecule has 1 amide bonds. The Morgan fingerprint density at radius 2 is 2.00 bits per heavy atom. The third kappa shape index (κ3) is 3.07. The summed E-state index contributed by atoms with van der Waals surface area (Å²) in [6.45, 7) is 8.97. The molecular formula is C20H18N2O2. The van der Waals surface area contributed by atoms with Crippen LogP contribution in [0.1, 0.15) is 46.0 Å². The maximum Gasteiger partial charge on any atom is 0.255 e. The van der Waals surface area contributed by atoms with Crippen LogP contribution in [-0.2, 0) is 6.42 Å². The van der Waals surface area contributed by atoms with Crippen molar-refractivity contribution in [3.05, 3.63) is 70.6 Å². The molecule has 0 heterocycles. The number of rotatable bonds is 3. The highest BCUT2D eigenvalue weighted by Crippen LogP contribution is 2.29. The van der Waals surface area contributed by atoms with E-state index in [4.69, 9.17) is 6.57 Å². The van der Waals surface area contributed by atoms with Gasteiger partial charge in [0.25, 0.3) is 5.91 Å². The number of carbonyl (C=O) groups is 2. The number of hydrogen-bond acceptors (Lipinski definition) is 2. The first-order chi connectivity index (χ1) is 11.6. The lowest BCUT2D eigenvalue weighted by atomic mass is 9.81. The van der Waals surface area contributed by atoms with Crippen LogP contribution >= 0.6 is 0 Å². The van der Waals surface area contributed by atoms with Crippen LogP contribution in [0.15, 0.2) is 42.5 Å². The normalized spacial score (nSPS) is 16.2. The number of amides is 1. The van der Waals surface area contributed by atoms with Gasteiger partial charge in [-0.15, -0.1) is 0 Å². The van der Waals surface area contributed by atoms with Gasteiger partial charge in [0.15, 0.2) is 11.5 Å². The van der Waals surface area contributed by atoms with Gasteiger partial charge in [-0.1, -0.05) is 31.2 Å². The Morgan fingerprint density at radius 1 is 1.25 bits per heavy atom. The number of benzene rings is 2. The number of aryl methyl sites for hydroxylation is 1. The molecule has 1 unspecified atom stereocenters. The van der Waals surface area contributed by atoms with Crippen LogP contribution in [-0.4, -0.2) is 11.7 Å². The second-order valence-corrected chi connectivity index (χ2v) is 5.99. The van der Waals surface area contributed by atoms with Crippen molar-refractivity contribution in [2.24, 2.45) is 5.92 Å². The zero-order valence-corrected chi connectivity index (χ0v) is 13.5. The van der Waals surface area contributed by atoms with Gasteiger partial charge in [-0.25, -0.2) is 4.85 Å². The SMILES string of the molecule is [C-]#[N+]c1ccc(C(=O)Nc2ccc3c(c2)CCC(CC)C3=O)cc1. The minimum absolute atomic E-state index is 0.124. The molecule has 0 radical (unpaired) electrons. The van der Waals surface area contributed by atoms with Crippen LogP contribution in [0.25, 0.3) is 4.85 Å². The number of Topliss-reactive ketones (excluding diaryl/α,β-unsaturated/α-hetero) is 1. The summed E-state index contributed by atoms with van der Waals surface area (Å²) in [6, 6.07) is 12.0. The first-order valence-corrected chi connectivity index (χ1v) is 8.08. The summed E-state index contributed by atoms with van der Waals surface area (Å²) in [5, 5.41) is 2.86. The van der Waals surface area contributed by atoms with Crippen LogP contribution in [0, 0.1) is 12.5 Å². The first-order valence-electron chi connectivity index (χ1n) is 8.08. The Morgan fingerprint density at radius 3 is 2.67 bits per heavy atom. The number of carbonyl (C=O) groups excluding carboxylic acids is 2. The van der Waals surface area contributed by atoms with Crippen molar-refractivity contribution in [3.63, 3.8) is 0 Å². The maximum atomic E-state index is 12.4. The molecule has 1 N–H and O–H groups in total. The molecule has 120 valence electrons. The van der Waals surface area contributed by atoms with E-state index in [9.17, 15) is 9.59 Å². The highest BCUT2D eigenvalue weighted by Gasteiger charge is 2.26. The van der Waals surface area contributed by atoms with Crippen LogP contribution < -0.4 is 5.32 Å². The summed E-state index contributed by atoms with van der Waals surface area (Å²) in [5.74, 6) is 0.116. The average molecular weight is 318 g/mol.